The Hall–Kier alpha value is -0.910. The lowest BCUT2D eigenvalue weighted by molar-refractivity contribution is -0.131. The smallest absolute Gasteiger partial charge is 0.236 e. The summed E-state index contributed by atoms with van der Waals surface area (Å²) in [6.45, 7) is 2.47. The average molecular weight is 296 g/mol. The van der Waals surface area contributed by atoms with Gasteiger partial charge in [-0.05, 0) is 43.7 Å². The van der Waals surface area contributed by atoms with Crippen LogP contribution in [0, 0.1) is 0 Å². The molecule has 0 saturated carbocycles. The van der Waals surface area contributed by atoms with Crippen molar-refractivity contribution in [2.45, 2.75) is 38.3 Å². The molecule has 1 saturated heterocycles. The van der Waals surface area contributed by atoms with E-state index in [4.69, 9.17) is 5.11 Å². The average Bonchev–Trinajstić information content (AvgIpc) is 3.08. The fourth-order valence-corrected chi connectivity index (χ4v) is 3.53. The van der Waals surface area contributed by atoms with E-state index in [9.17, 15) is 4.79 Å². The number of likely N-dealkylation sites (tertiary alicyclic amines) is 1. The van der Waals surface area contributed by atoms with E-state index in [1.165, 1.54) is 4.88 Å². The van der Waals surface area contributed by atoms with Gasteiger partial charge < -0.3 is 10.0 Å². The van der Waals surface area contributed by atoms with E-state index >= 15 is 0 Å². The molecule has 0 spiro atoms. The second kappa shape index (κ2) is 7.76. The van der Waals surface area contributed by atoms with Crippen molar-refractivity contribution in [3.8, 4) is 0 Å². The van der Waals surface area contributed by atoms with Crippen LogP contribution >= 0.6 is 11.3 Å². The highest BCUT2D eigenvalue weighted by atomic mass is 32.1. The molecular formula is C15H24N2O2S. The molecule has 1 aromatic rings. The van der Waals surface area contributed by atoms with Gasteiger partial charge in [0, 0.05) is 24.6 Å². The summed E-state index contributed by atoms with van der Waals surface area (Å²) in [6, 6.07) is 4.55. The molecule has 2 heterocycles. The summed E-state index contributed by atoms with van der Waals surface area (Å²) >= 11 is 1.69. The number of aliphatic hydroxyl groups is 1. The number of rotatable bonds is 7. The lowest BCUT2D eigenvalue weighted by Crippen LogP contribution is -2.40. The summed E-state index contributed by atoms with van der Waals surface area (Å²) in [4.78, 5) is 17.6. The Morgan fingerprint density at radius 2 is 2.45 bits per heavy atom. The summed E-state index contributed by atoms with van der Waals surface area (Å²) in [6.07, 6.45) is 4.15. The van der Waals surface area contributed by atoms with Gasteiger partial charge in [-0.3, -0.25) is 9.69 Å². The van der Waals surface area contributed by atoms with Crippen molar-refractivity contribution < 1.29 is 9.90 Å². The minimum absolute atomic E-state index is 0.189. The number of carbonyl (C=O) groups excluding carboxylic acids is 1. The molecule has 0 radical (unpaired) electrons. The zero-order valence-electron chi connectivity index (χ0n) is 12.1. The quantitative estimate of drug-likeness (QED) is 0.836. The van der Waals surface area contributed by atoms with E-state index in [1.54, 1.807) is 11.3 Å². The third kappa shape index (κ3) is 4.30. The Morgan fingerprint density at radius 3 is 3.15 bits per heavy atom. The van der Waals surface area contributed by atoms with Crippen LogP contribution in [0.25, 0.3) is 0 Å². The molecule has 1 aliphatic rings. The van der Waals surface area contributed by atoms with Gasteiger partial charge in [0.15, 0.2) is 0 Å². The lowest BCUT2D eigenvalue weighted by atomic mass is 10.1. The zero-order chi connectivity index (χ0) is 14.4. The molecule has 1 unspecified atom stereocenters. The number of amides is 1. The van der Waals surface area contributed by atoms with Crippen LogP contribution in [0.2, 0.25) is 0 Å². The predicted octanol–water partition coefficient (Wildman–Crippen LogP) is 1.94. The first-order valence-corrected chi connectivity index (χ1v) is 8.20. The first-order valence-electron chi connectivity index (χ1n) is 7.32. The summed E-state index contributed by atoms with van der Waals surface area (Å²) in [7, 11) is 1.88. The number of aliphatic hydroxyl groups excluding tert-OH is 1. The van der Waals surface area contributed by atoms with Crippen molar-refractivity contribution in [2.75, 3.05) is 26.7 Å². The minimum Gasteiger partial charge on any atom is -0.396 e. The van der Waals surface area contributed by atoms with Gasteiger partial charge in [-0.1, -0.05) is 6.07 Å². The van der Waals surface area contributed by atoms with Crippen molar-refractivity contribution in [3.05, 3.63) is 22.4 Å². The van der Waals surface area contributed by atoms with Gasteiger partial charge in [-0.15, -0.1) is 11.3 Å². The molecule has 1 fully saturated rings. The molecule has 4 nitrogen and oxygen atoms in total. The molecular weight excluding hydrogens is 272 g/mol. The summed E-state index contributed by atoms with van der Waals surface area (Å²) in [5.41, 5.74) is 0. The maximum atomic E-state index is 12.3. The van der Waals surface area contributed by atoms with Crippen molar-refractivity contribution in [2.24, 2.45) is 0 Å². The van der Waals surface area contributed by atoms with Gasteiger partial charge in [-0.25, -0.2) is 0 Å². The van der Waals surface area contributed by atoms with Gasteiger partial charge in [0.05, 0.1) is 13.1 Å². The van der Waals surface area contributed by atoms with E-state index in [1.807, 2.05) is 23.4 Å². The lowest BCUT2D eigenvalue weighted by Gasteiger charge is -2.26. The van der Waals surface area contributed by atoms with Gasteiger partial charge >= 0.3 is 0 Å². The number of hydrogen-bond acceptors (Lipinski definition) is 4. The Labute approximate surface area is 125 Å². The highest BCUT2D eigenvalue weighted by Gasteiger charge is 2.26. The van der Waals surface area contributed by atoms with Crippen molar-refractivity contribution in [1.29, 1.82) is 0 Å². The number of carbonyl (C=O) groups is 1. The molecule has 5 heteroatoms. The molecule has 1 N–H and O–H groups in total. The summed E-state index contributed by atoms with van der Waals surface area (Å²) in [5, 5.41) is 11.0. The van der Waals surface area contributed by atoms with Crippen LogP contribution < -0.4 is 0 Å². The third-order valence-corrected chi connectivity index (χ3v) is 4.79. The molecule has 1 amide bonds. The Morgan fingerprint density at radius 1 is 1.60 bits per heavy atom. The second-order valence-corrected chi connectivity index (χ2v) is 6.49. The first kappa shape index (κ1) is 15.5. The van der Waals surface area contributed by atoms with E-state index in [-0.39, 0.29) is 12.5 Å². The maximum absolute atomic E-state index is 12.3. The van der Waals surface area contributed by atoms with Crippen LogP contribution in [0.5, 0.6) is 0 Å². The molecule has 0 aromatic carbocycles. The predicted molar refractivity (Wildman–Crippen MR) is 81.7 cm³/mol. The normalized spacial score (nSPS) is 19.4. The Bertz CT molecular complexity index is 408. The molecule has 2 rings (SSSR count). The molecule has 1 aliphatic heterocycles. The molecule has 1 aromatic heterocycles. The number of nitrogens with zero attached hydrogens (tertiary/aromatic N) is 2. The largest absolute Gasteiger partial charge is 0.396 e. The Balaban J connectivity index is 1.80. The maximum Gasteiger partial charge on any atom is 0.236 e. The highest BCUT2D eigenvalue weighted by molar-refractivity contribution is 7.09. The fourth-order valence-electron chi connectivity index (χ4n) is 2.78. The third-order valence-electron chi connectivity index (χ3n) is 3.93. The number of thiophene rings is 1. The Kier molecular flexibility index (Phi) is 6.01. The molecule has 0 aliphatic carbocycles. The zero-order valence-corrected chi connectivity index (χ0v) is 12.9. The molecule has 20 heavy (non-hydrogen) atoms. The van der Waals surface area contributed by atoms with E-state index in [0.717, 1.165) is 32.2 Å². The van der Waals surface area contributed by atoms with E-state index in [0.29, 0.717) is 19.1 Å². The second-order valence-electron chi connectivity index (χ2n) is 5.46. The molecule has 1 atom stereocenters. The summed E-state index contributed by atoms with van der Waals surface area (Å²) in [5.74, 6) is 0.189. The van der Waals surface area contributed by atoms with Crippen molar-refractivity contribution in [1.82, 2.24) is 9.80 Å². The van der Waals surface area contributed by atoms with Crippen LogP contribution in [0.1, 0.15) is 30.6 Å². The summed E-state index contributed by atoms with van der Waals surface area (Å²) < 4.78 is 0. The van der Waals surface area contributed by atoms with Crippen LogP contribution in [-0.4, -0.2) is 53.6 Å². The van der Waals surface area contributed by atoms with Gasteiger partial charge in [-0.2, -0.15) is 0 Å². The first-order chi connectivity index (χ1) is 9.70. The van der Waals surface area contributed by atoms with Gasteiger partial charge in [0.2, 0.25) is 5.91 Å². The SMILES string of the molecule is CN(Cc1cccs1)C(=O)CN1CCCC1CCCO. The monoisotopic (exact) mass is 296 g/mol. The van der Waals surface area contributed by atoms with E-state index < -0.39 is 0 Å². The minimum atomic E-state index is 0.189. The van der Waals surface area contributed by atoms with Crippen molar-refractivity contribution in [3.63, 3.8) is 0 Å². The topological polar surface area (TPSA) is 43.8 Å². The van der Waals surface area contributed by atoms with Crippen LogP contribution in [0.3, 0.4) is 0 Å². The van der Waals surface area contributed by atoms with Crippen molar-refractivity contribution >= 4 is 17.2 Å². The van der Waals surface area contributed by atoms with Gasteiger partial charge in [0.1, 0.15) is 0 Å². The number of likely N-dealkylation sites (N-methyl/N-ethyl adjacent to an activating group) is 1. The molecule has 0 bridgehead atoms. The van der Waals surface area contributed by atoms with Crippen LogP contribution in [-0.2, 0) is 11.3 Å². The van der Waals surface area contributed by atoms with E-state index in [2.05, 4.69) is 11.0 Å². The fraction of sp³-hybridized carbons (Fsp3) is 0.667. The highest BCUT2D eigenvalue weighted by Crippen LogP contribution is 2.21. The van der Waals surface area contributed by atoms with Crippen LogP contribution in [0.15, 0.2) is 17.5 Å². The standard InChI is InChI=1S/C15H24N2O2S/c1-16(11-14-7-4-10-20-14)15(19)12-17-8-2-5-13(17)6-3-9-18/h4,7,10,13,18H,2-3,5-6,8-9,11-12H2,1H3. The van der Waals surface area contributed by atoms with Gasteiger partial charge in [0.25, 0.3) is 0 Å². The molecule has 112 valence electrons. The van der Waals surface area contributed by atoms with Crippen LogP contribution in [0.4, 0.5) is 0 Å². The number of hydrogen-bond donors (Lipinski definition) is 1.